The molecular formula is C23H20FN3O2. The Bertz CT molecular complexity index is 1040. The maximum atomic E-state index is 14.0. The molecule has 2 N–H and O–H groups in total. The van der Waals surface area contributed by atoms with Gasteiger partial charge in [0.15, 0.2) is 0 Å². The smallest absolute Gasteiger partial charge is 0.255 e. The number of halogens is 1. The molecule has 3 aromatic rings. The van der Waals surface area contributed by atoms with Gasteiger partial charge in [-0.1, -0.05) is 30.3 Å². The van der Waals surface area contributed by atoms with Gasteiger partial charge in [-0.15, -0.1) is 0 Å². The Hall–Kier alpha value is -3.54. The molecule has 1 aromatic heterocycles. The van der Waals surface area contributed by atoms with E-state index in [9.17, 15) is 14.0 Å². The molecule has 2 amide bonds. The van der Waals surface area contributed by atoms with Crippen LogP contribution in [0.1, 0.15) is 45.6 Å². The van der Waals surface area contributed by atoms with E-state index >= 15 is 0 Å². The number of hydrogen-bond donors (Lipinski definition) is 1. The van der Waals surface area contributed by atoms with Crippen LogP contribution in [0.3, 0.4) is 0 Å². The Morgan fingerprint density at radius 3 is 2.59 bits per heavy atom. The summed E-state index contributed by atoms with van der Waals surface area (Å²) in [5.41, 5.74) is 8.41. The first-order chi connectivity index (χ1) is 14.1. The zero-order valence-electron chi connectivity index (χ0n) is 15.7. The molecule has 29 heavy (non-hydrogen) atoms. The zero-order valence-corrected chi connectivity index (χ0v) is 15.7. The molecule has 0 fully saturated rings. The maximum absolute atomic E-state index is 14.0. The minimum Gasteiger partial charge on any atom is -0.368 e. The van der Waals surface area contributed by atoms with Crippen molar-refractivity contribution in [2.45, 2.75) is 24.9 Å². The first-order valence-electron chi connectivity index (χ1n) is 9.41. The number of rotatable bonds is 5. The fourth-order valence-electron chi connectivity index (χ4n) is 4.01. The van der Waals surface area contributed by atoms with Gasteiger partial charge in [0.1, 0.15) is 11.9 Å². The van der Waals surface area contributed by atoms with Crippen molar-refractivity contribution in [3.8, 4) is 0 Å². The number of nitrogens with two attached hydrogens (primary N) is 1. The van der Waals surface area contributed by atoms with Crippen molar-refractivity contribution >= 4 is 11.8 Å². The lowest BCUT2D eigenvalue weighted by atomic mass is 9.99. The average Bonchev–Trinajstić information content (AvgIpc) is 3.15. The van der Waals surface area contributed by atoms with Crippen LogP contribution in [-0.4, -0.2) is 21.7 Å². The molecule has 2 atom stereocenters. The Morgan fingerprint density at radius 1 is 1.10 bits per heavy atom. The summed E-state index contributed by atoms with van der Waals surface area (Å²) in [6.45, 7) is 0. The number of aryl methyl sites for hydroxylation is 1. The fourth-order valence-corrected chi connectivity index (χ4v) is 4.01. The summed E-state index contributed by atoms with van der Waals surface area (Å²) in [6.07, 6.45) is 4.39. The first-order valence-corrected chi connectivity index (χ1v) is 9.41. The highest BCUT2D eigenvalue weighted by atomic mass is 19.1. The van der Waals surface area contributed by atoms with E-state index in [0.29, 0.717) is 29.5 Å². The Kier molecular flexibility index (Phi) is 5.08. The highest BCUT2D eigenvalue weighted by Gasteiger charge is 2.39. The lowest BCUT2D eigenvalue weighted by molar-refractivity contribution is -0.123. The molecule has 1 heterocycles. The zero-order chi connectivity index (χ0) is 20.4. The SMILES string of the molecule is NC(=O)[C@@H](c1cccnc1)N(C(=O)c1ccccc1)[C@@H]1CCc2ccc(F)cc21. The largest absolute Gasteiger partial charge is 0.368 e. The van der Waals surface area contributed by atoms with Gasteiger partial charge < -0.3 is 10.6 Å². The van der Waals surface area contributed by atoms with Crippen molar-refractivity contribution < 1.29 is 14.0 Å². The molecule has 1 aliphatic carbocycles. The third-order valence-corrected chi connectivity index (χ3v) is 5.29. The number of amides is 2. The highest BCUT2D eigenvalue weighted by Crippen LogP contribution is 2.41. The lowest BCUT2D eigenvalue weighted by Crippen LogP contribution is -2.43. The molecule has 6 heteroatoms. The molecule has 2 aromatic carbocycles. The number of carbonyl (C=O) groups is 2. The van der Waals surface area contributed by atoms with Gasteiger partial charge in [0, 0.05) is 23.5 Å². The molecule has 4 rings (SSSR count). The van der Waals surface area contributed by atoms with Crippen LogP contribution < -0.4 is 5.73 Å². The Labute approximate surface area is 168 Å². The summed E-state index contributed by atoms with van der Waals surface area (Å²) in [6, 6.07) is 15.2. The summed E-state index contributed by atoms with van der Waals surface area (Å²) in [4.78, 5) is 31.7. The molecule has 146 valence electrons. The lowest BCUT2D eigenvalue weighted by Gasteiger charge is -2.35. The van der Waals surface area contributed by atoms with E-state index in [2.05, 4.69) is 4.98 Å². The number of carbonyl (C=O) groups excluding carboxylic acids is 2. The predicted molar refractivity (Wildman–Crippen MR) is 106 cm³/mol. The van der Waals surface area contributed by atoms with Crippen LogP contribution in [0, 0.1) is 5.82 Å². The van der Waals surface area contributed by atoms with Gasteiger partial charge in [-0.3, -0.25) is 14.6 Å². The number of benzene rings is 2. The average molecular weight is 389 g/mol. The van der Waals surface area contributed by atoms with Gasteiger partial charge in [0.05, 0.1) is 6.04 Å². The molecule has 1 aliphatic rings. The standard InChI is InChI=1S/C23H20FN3O2/c24-18-10-8-15-9-11-20(19(15)13-18)27(23(29)16-5-2-1-3-6-16)21(22(25)28)17-7-4-12-26-14-17/h1-8,10,12-14,20-21H,9,11H2,(H2,25,28)/t20-,21-/m1/s1. The van der Waals surface area contributed by atoms with Crippen LogP contribution in [0.15, 0.2) is 73.1 Å². The molecule has 0 radical (unpaired) electrons. The van der Waals surface area contributed by atoms with Crippen molar-refractivity contribution in [2.24, 2.45) is 5.73 Å². The molecule has 0 aliphatic heterocycles. The van der Waals surface area contributed by atoms with Crippen molar-refractivity contribution in [2.75, 3.05) is 0 Å². The Morgan fingerprint density at radius 2 is 1.90 bits per heavy atom. The molecular weight excluding hydrogens is 369 g/mol. The number of fused-ring (bicyclic) bond motifs is 1. The molecule has 0 unspecified atom stereocenters. The maximum Gasteiger partial charge on any atom is 0.255 e. The van der Waals surface area contributed by atoms with E-state index in [1.165, 1.54) is 23.2 Å². The van der Waals surface area contributed by atoms with Crippen molar-refractivity contribution in [1.82, 2.24) is 9.88 Å². The van der Waals surface area contributed by atoms with E-state index < -0.39 is 18.0 Å². The summed E-state index contributed by atoms with van der Waals surface area (Å²) < 4.78 is 14.0. The van der Waals surface area contributed by atoms with Crippen LogP contribution in [0.4, 0.5) is 4.39 Å². The minimum absolute atomic E-state index is 0.333. The van der Waals surface area contributed by atoms with Gasteiger partial charge in [0.25, 0.3) is 5.91 Å². The number of nitrogens with zero attached hydrogens (tertiary/aromatic N) is 2. The third kappa shape index (κ3) is 3.61. The van der Waals surface area contributed by atoms with Gasteiger partial charge in [-0.05, 0) is 54.3 Å². The normalized spacial score (nSPS) is 16.1. The van der Waals surface area contributed by atoms with Gasteiger partial charge in [-0.25, -0.2) is 4.39 Å². The van der Waals surface area contributed by atoms with Gasteiger partial charge in [-0.2, -0.15) is 0 Å². The highest BCUT2D eigenvalue weighted by molar-refractivity contribution is 5.98. The molecule has 0 saturated carbocycles. The number of pyridine rings is 1. The van der Waals surface area contributed by atoms with Crippen LogP contribution in [0.2, 0.25) is 0 Å². The van der Waals surface area contributed by atoms with Crippen molar-refractivity contribution in [3.05, 3.63) is 101 Å². The molecule has 0 bridgehead atoms. The van der Waals surface area contributed by atoms with Crippen molar-refractivity contribution in [1.29, 1.82) is 0 Å². The first kappa shape index (κ1) is 18.8. The van der Waals surface area contributed by atoms with Gasteiger partial charge >= 0.3 is 0 Å². The minimum atomic E-state index is -1.02. The van der Waals surface area contributed by atoms with E-state index in [1.54, 1.807) is 48.7 Å². The molecule has 0 spiro atoms. The van der Waals surface area contributed by atoms with E-state index in [1.807, 2.05) is 6.07 Å². The fraction of sp³-hybridized carbons (Fsp3) is 0.174. The number of aromatic nitrogens is 1. The van der Waals surface area contributed by atoms with Crippen LogP contribution >= 0.6 is 0 Å². The van der Waals surface area contributed by atoms with E-state index in [4.69, 9.17) is 5.73 Å². The summed E-state index contributed by atoms with van der Waals surface area (Å²) in [5, 5.41) is 0. The molecule has 5 nitrogen and oxygen atoms in total. The topological polar surface area (TPSA) is 76.3 Å². The van der Waals surface area contributed by atoms with Crippen LogP contribution in [-0.2, 0) is 11.2 Å². The third-order valence-electron chi connectivity index (χ3n) is 5.29. The second-order valence-electron chi connectivity index (χ2n) is 7.07. The predicted octanol–water partition coefficient (Wildman–Crippen LogP) is 3.58. The number of primary amides is 1. The summed E-state index contributed by atoms with van der Waals surface area (Å²) >= 11 is 0. The quantitative estimate of drug-likeness (QED) is 0.725. The number of hydrogen-bond acceptors (Lipinski definition) is 3. The van der Waals surface area contributed by atoms with E-state index in [0.717, 1.165) is 5.56 Å². The van der Waals surface area contributed by atoms with Gasteiger partial charge in [0.2, 0.25) is 5.91 Å². The monoisotopic (exact) mass is 389 g/mol. The summed E-state index contributed by atoms with van der Waals surface area (Å²) in [7, 11) is 0. The van der Waals surface area contributed by atoms with Crippen LogP contribution in [0.5, 0.6) is 0 Å². The summed E-state index contributed by atoms with van der Waals surface area (Å²) in [5.74, 6) is -1.37. The van der Waals surface area contributed by atoms with Crippen molar-refractivity contribution in [3.63, 3.8) is 0 Å². The van der Waals surface area contributed by atoms with E-state index in [-0.39, 0.29) is 11.7 Å². The molecule has 0 saturated heterocycles. The second-order valence-corrected chi connectivity index (χ2v) is 7.07. The Balaban J connectivity index is 1.86. The van der Waals surface area contributed by atoms with Crippen LogP contribution in [0.25, 0.3) is 0 Å². The second kappa shape index (κ2) is 7.83.